The summed E-state index contributed by atoms with van der Waals surface area (Å²) in [7, 11) is 0. The van der Waals surface area contributed by atoms with Crippen LogP contribution in [0.2, 0.25) is 0 Å². The van der Waals surface area contributed by atoms with Gasteiger partial charge in [-0.25, -0.2) is 8.78 Å². The molecule has 0 N–H and O–H groups in total. The standard InChI is InChI=1S/C14H17F2N/c1-10-5-6-11(13(2,3)4)9-12(10)14(15,16)7-8-17/h5-6,9H,7H2,1-4H3. The average molecular weight is 237 g/mol. The van der Waals surface area contributed by atoms with Crippen molar-refractivity contribution in [2.24, 2.45) is 0 Å². The highest BCUT2D eigenvalue weighted by atomic mass is 19.3. The predicted molar refractivity (Wildman–Crippen MR) is 64.0 cm³/mol. The Hall–Kier alpha value is -1.43. The Morgan fingerprint density at radius 3 is 2.29 bits per heavy atom. The average Bonchev–Trinajstić information content (AvgIpc) is 2.15. The van der Waals surface area contributed by atoms with E-state index in [1.807, 2.05) is 26.8 Å². The van der Waals surface area contributed by atoms with Gasteiger partial charge in [-0.2, -0.15) is 5.26 Å². The van der Waals surface area contributed by atoms with Crippen molar-refractivity contribution < 1.29 is 8.78 Å². The molecular weight excluding hydrogens is 220 g/mol. The fourth-order valence-electron chi connectivity index (χ4n) is 1.68. The molecule has 0 amide bonds. The molecule has 17 heavy (non-hydrogen) atoms. The number of hydrogen-bond donors (Lipinski definition) is 0. The molecule has 0 saturated carbocycles. The molecule has 0 saturated heterocycles. The lowest BCUT2D eigenvalue weighted by Crippen LogP contribution is -2.17. The van der Waals surface area contributed by atoms with E-state index >= 15 is 0 Å². The van der Waals surface area contributed by atoms with Crippen LogP contribution in [0.3, 0.4) is 0 Å². The highest BCUT2D eigenvalue weighted by molar-refractivity contribution is 5.37. The van der Waals surface area contributed by atoms with Crippen molar-refractivity contribution in [1.29, 1.82) is 5.26 Å². The second-order valence-electron chi connectivity index (χ2n) is 5.32. The maximum absolute atomic E-state index is 13.8. The van der Waals surface area contributed by atoms with E-state index in [0.29, 0.717) is 5.56 Å². The molecule has 0 aliphatic rings. The number of benzene rings is 1. The smallest absolute Gasteiger partial charge is 0.200 e. The van der Waals surface area contributed by atoms with Gasteiger partial charge in [0.25, 0.3) is 5.92 Å². The number of aryl methyl sites for hydroxylation is 1. The van der Waals surface area contributed by atoms with E-state index in [2.05, 4.69) is 0 Å². The third-order valence-corrected chi connectivity index (χ3v) is 2.80. The molecule has 0 unspecified atom stereocenters. The summed E-state index contributed by atoms with van der Waals surface area (Å²) >= 11 is 0. The van der Waals surface area contributed by atoms with Crippen LogP contribution in [0.4, 0.5) is 8.78 Å². The van der Waals surface area contributed by atoms with Crippen molar-refractivity contribution in [2.75, 3.05) is 0 Å². The Morgan fingerprint density at radius 2 is 1.82 bits per heavy atom. The second kappa shape index (κ2) is 4.44. The molecule has 1 rings (SSSR count). The van der Waals surface area contributed by atoms with Gasteiger partial charge in [0.05, 0.1) is 6.07 Å². The fraction of sp³-hybridized carbons (Fsp3) is 0.500. The van der Waals surface area contributed by atoms with Gasteiger partial charge >= 0.3 is 0 Å². The molecule has 3 heteroatoms. The van der Waals surface area contributed by atoms with E-state index in [-0.39, 0.29) is 11.0 Å². The molecule has 0 spiro atoms. The van der Waals surface area contributed by atoms with Gasteiger partial charge in [0.1, 0.15) is 6.42 Å². The molecule has 1 aromatic rings. The van der Waals surface area contributed by atoms with Gasteiger partial charge in [0.15, 0.2) is 0 Å². The zero-order valence-corrected chi connectivity index (χ0v) is 10.6. The van der Waals surface area contributed by atoms with Crippen molar-refractivity contribution in [3.8, 4) is 6.07 Å². The van der Waals surface area contributed by atoms with Crippen molar-refractivity contribution >= 4 is 0 Å². The molecule has 0 heterocycles. The monoisotopic (exact) mass is 237 g/mol. The first kappa shape index (κ1) is 13.6. The Morgan fingerprint density at radius 1 is 1.24 bits per heavy atom. The normalized spacial score (nSPS) is 12.3. The summed E-state index contributed by atoms with van der Waals surface area (Å²) < 4.78 is 27.5. The zero-order chi connectivity index (χ0) is 13.3. The summed E-state index contributed by atoms with van der Waals surface area (Å²) in [6, 6.07) is 6.62. The fourth-order valence-corrected chi connectivity index (χ4v) is 1.68. The first-order valence-corrected chi connectivity index (χ1v) is 5.55. The van der Waals surface area contributed by atoms with Crippen LogP contribution < -0.4 is 0 Å². The van der Waals surface area contributed by atoms with Gasteiger partial charge in [0, 0.05) is 5.56 Å². The number of halogens is 2. The molecule has 0 aliphatic carbocycles. The van der Waals surface area contributed by atoms with E-state index in [1.54, 1.807) is 19.1 Å². The highest BCUT2D eigenvalue weighted by Gasteiger charge is 2.33. The quantitative estimate of drug-likeness (QED) is 0.752. The minimum absolute atomic E-state index is 0.0357. The van der Waals surface area contributed by atoms with Crippen molar-refractivity contribution in [2.45, 2.75) is 45.5 Å². The van der Waals surface area contributed by atoms with Gasteiger partial charge in [-0.15, -0.1) is 0 Å². The first-order chi connectivity index (χ1) is 7.68. The molecule has 0 bridgehead atoms. The molecule has 0 fully saturated rings. The molecular formula is C14H17F2N. The van der Waals surface area contributed by atoms with Crippen molar-refractivity contribution in [3.63, 3.8) is 0 Å². The Kier molecular flexibility index (Phi) is 3.56. The zero-order valence-electron chi connectivity index (χ0n) is 10.6. The van der Waals surface area contributed by atoms with Crippen LogP contribution in [0.5, 0.6) is 0 Å². The SMILES string of the molecule is Cc1ccc(C(C)(C)C)cc1C(F)(F)CC#N. The topological polar surface area (TPSA) is 23.8 Å². The Labute approximate surface area is 101 Å². The number of hydrogen-bond acceptors (Lipinski definition) is 1. The minimum Gasteiger partial charge on any atom is -0.200 e. The van der Waals surface area contributed by atoms with Crippen LogP contribution >= 0.6 is 0 Å². The van der Waals surface area contributed by atoms with E-state index in [9.17, 15) is 8.78 Å². The van der Waals surface area contributed by atoms with Crippen LogP contribution in [0, 0.1) is 18.3 Å². The molecule has 0 radical (unpaired) electrons. The number of rotatable bonds is 2. The highest BCUT2D eigenvalue weighted by Crippen LogP contribution is 2.36. The third kappa shape index (κ3) is 3.03. The van der Waals surface area contributed by atoms with E-state index < -0.39 is 12.3 Å². The molecule has 0 atom stereocenters. The van der Waals surface area contributed by atoms with Crippen LogP contribution in [0.25, 0.3) is 0 Å². The summed E-state index contributed by atoms with van der Waals surface area (Å²) in [6.07, 6.45) is -0.776. The van der Waals surface area contributed by atoms with E-state index in [0.717, 1.165) is 5.56 Å². The minimum atomic E-state index is -3.07. The molecule has 1 nitrogen and oxygen atoms in total. The summed E-state index contributed by atoms with van der Waals surface area (Å²) in [5.41, 5.74) is 1.17. The number of alkyl halides is 2. The number of nitrogens with zero attached hydrogens (tertiary/aromatic N) is 1. The summed E-state index contributed by atoms with van der Waals surface area (Å²) in [6.45, 7) is 7.57. The van der Waals surface area contributed by atoms with Gasteiger partial charge < -0.3 is 0 Å². The Bertz CT molecular complexity index is 450. The summed E-state index contributed by atoms with van der Waals surface area (Å²) in [4.78, 5) is 0. The van der Waals surface area contributed by atoms with E-state index in [1.165, 1.54) is 6.07 Å². The lowest BCUT2D eigenvalue weighted by molar-refractivity contribution is 0.000206. The molecule has 0 aromatic heterocycles. The van der Waals surface area contributed by atoms with Gasteiger partial charge in [-0.3, -0.25) is 0 Å². The summed E-state index contributed by atoms with van der Waals surface area (Å²) in [5, 5.41) is 8.45. The third-order valence-electron chi connectivity index (χ3n) is 2.80. The van der Waals surface area contributed by atoms with Crippen LogP contribution in [0.1, 0.15) is 43.9 Å². The van der Waals surface area contributed by atoms with Gasteiger partial charge in [0.2, 0.25) is 0 Å². The van der Waals surface area contributed by atoms with Crippen LogP contribution in [-0.4, -0.2) is 0 Å². The molecule has 1 aromatic carbocycles. The lowest BCUT2D eigenvalue weighted by atomic mass is 9.84. The van der Waals surface area contributed by atoms with Crippen molar-refractivity contribution in [1.82, 2.24) is 0 Å². The molecule has 92 valence electrons. The molecule has 0 aliphatic heterocycles. The Balaban J connectivity index is 3.30. The van der Waals surface area contributed by atoms with E-state index in [4.69, 9.17) is 5.26 Å². The van der Waals surface area contributed by atoms with Gasteiger partial charge in [-0.1, -0.05) is 32.9 Å². The van der Waals surface area contributed by atoms with Crippen LogP contribution in [-0.2, 0) is 11.3 Å². The maximum atomic E-state index is 13.8. The predicted octanol–water partition coefficient (Wildman–Crippen LogP) is 4.30. The first-order valence-electron chi connectivity index (χ1n) is 5.55. The van der Waals surface area contributed by atoms with Crippen molar-refractivity contribution in [3.05, 3.63) is 34.9 Å². The lowest BCUT2D eigenvalue weighted by Gasteiger charge is -2.23. The van der Waals surface area contributed by atoms with Gasteiger partial charge in [-0.05, 0) is 29.5 Å². The maximum Gasteiger partial charge on any atom is 0.286 e. The largest absolute Gasteiger partial charge is 0.286 e. The second-order valence-corrected chi connectivity index (χ2v) is 5.32. The number of nitriles is 1. The summed E-state index contributed by atoms with van der Waals surface area (Å²) in [5.74, 6) is -3.07. The van der Waals surface area contributed by atoms with Crippen LogP contribution in [0.15, 0.2) is 18.2 Å².